The van der Waals surface area contributed by atoms with Crippen LogP contribution in [0.1, 0.15) is 13.8 Å². The number of aliphatic hydroxyl groups excluding tert-OH is 1. The maximum absolute atomic E-state index is 11.9. The SMILES string of the molecule is CC(C)C(CO)NCC(=O)N1CCN(C)CC1. The third-order valence-corrected chi connectivity index (χ3v) is 3.37. The van der Waals surface area contributed by atoms with Crippen LogP contribution in [0.2, 0.25) is 0 Å². The highest BCUT2D eigenvalue weighted by molar-refractivity contribution is 5.78. The first-order valence-electron chi connectivity index (χ1n) is 6.35. The van der Waals surface area contributed by atoms with Gasteiger partial charge in [-0.05, 0) is 13.0 Å². The summed E-state index contributed by atoms with van der Waals surface area (Å²) in [5.41, 5.74) is 0. The number of rotatable bonds is 5. The molecule has 1 unspecified atom stereocenters. The molecule has 0 bridgehead atoms. The summed E-state index contributed by atoms with van der Waals surface area (Å²) in [4.78, 5) is 16.0. The Morgan fingerprint density at radius 3 is 2.35 bits per heavy atom. The zero-order valence-electron chi connectivity index (χ0n) is 11.1. The lowest BCUT2D eigenvalue weighted by Gasteiger charge is -2.33. The highest BCUT2D eigenvalue weighted by Crippen LogP contribution is 2.02. The number of carbonyl (C=O) groups excluding carboxylic acids is 1. The highest BCUT2D eigenvalue weighted by Gasteiger charge is 2.20. The van der Waals surface area contributed by atoms with Crippen molar-refractivity contribution in [1.29, 1.82) is 0 Å². The molecular formula is C12H25N3O2. The van der Waals surface area contributed by atoms with E-state index in [0.29, 0.717) is 12.5 Å². The summed E-state index contributed by atoms with van der Waals surface area (Å²) in [5.74, 6) is 0.470. The number of hydrogen-bond acceptors (Lipinski definition) is 4. The fourth-order valence-corrected chi connectivity index (χ4v) is 1.90. The molecule has 1 aliphatic rings. The summed E-state index contributed by atoms with van der Waals surface area (Å²) in [6.45, 7) is 7.98. The molecule has 0 aromatic heterocycles. The van der Waals surface area contributed by atoms with Gasteiger partial charge in [-0.2, -0.15) is 0 Å². The predicted molar refractivity (Wildman–Crippen MR) is 67.8 cm³/mol. The Labute approximate surface area is 104 Å². The lowest BCUT2D eigenvalue weighted by atomic mass is 10.1. The molecule has 0 aromatic carbocycles. The Kier molecular flexibility index (Phi) is 5.88. The molecule has 1 rings (SSSR count). The predicted octanol–water partition coefficient (Wildman–Crippen LogP) is -0.633. The van der Waals surface area contributed by atoms with Crippen molar-refractivity contribution in [3.63, 3.8) is 0 Å². The largest absolute Gasteiger partial charge is 0.395 e. The van der Waals surface area contributed by atoms with Crippen molar-refractivity contribution in [1.82, 2.24) is 15.1 Å². The van der Waals surface area contributed by atoms with E-state index in [-0.39, 0.29) is 18.6 Å². The average molecular weight is 243 g/mol. The molecule has 1 atom stereocenters. The van der Waals surface area contributed by atoms with Crippen LogP contribution in [0.5, 0.6) is 0 Å². The van der Waals surface area contributed by atoms with Crippen molar-refractivity contribution >= 4 is 5.91 Å². The van der Waals surface area contributed by atoms with Gasteiger partial charge < -0.3 is 20.2 Å². The minimum absolute atomic E-state index is 0.00594. The van der Waals surface area contributed by atoms with E-state index in [1.54, 1.807) is 0 Å². The van der Waals surface area contributed by atoms with Gasteiger partial charge in [0.05, 0.1) is 13.2 Å². The minimum atomic E-state index is 0.00594. The standard InChI is InChI=1S/C12H25N3O2/c1-10(2)11(9-16)13-8-12(17)15-6-4-14(3)5-7-15/h10-11,13,16H,4-9H2,1-3H3. The van der Waals surface area contributed by atoms with Crippen LogP contribution >= 0.6 is 0 Å². The number of carbonyl (C=O) groups is 1. The van der Waals surface area contributed by atoms with Crippen LogP contribution in [0.3, 0.4) is 0 Å². The van der Waals surface area contributed by atoms with Gasteiger partial charge in [0.25, 0.3) is 0 Å². The molecule has 0 aliphatic carbocycles. The number of likely N-dealkylation sites (N-methyl/N-ethyl adjacent to an activating group) is 1. The van der Waals surface area contributed by atoms with Gasteiger partial charge in [-0.15, -0.1) is 0 Å². The van der Waals surface area contributed by atoms with E-state index in [4.69, 9.17) is 5.11 Å². The molecule has 1 aliphatic heterocycles. The van der Waals surface area contributed by atoms with Gasteiger partial charge in [-0.25, -0.2) is 0 Å². The second-order valence-electron chi connectivity index (χ2n) is 5.10. The molecule has 1 heterocycles. The normalized spacial score (nSPS) is 19.7. The van der Waals surface area contributed by atoms with Gasteiger partial charge in [0, 0.05) is 32.2 Å². The van der Waals surface area contributed by atoms with Gasteiger partial charge in [-0.3, -0.25) is 4.79 Å². The van der Waals surface area contributed by atoms with Crippen LogP contribution in [-0.4, -0.2) is 73.2 Å². The first kappa shape index (κ1) is 14.4. The smallest absolute Gasteiger partial charge is 0.236 e. The van der Waals surface area contributed by atoms with Crippen molar-refractivity contribution < 1.29 is 9.90 Å². The van der Waals surface area contributed by atoms with Crippen molar-refractivity contribution in [2.75, 3.05) is 46.4 Å². The lowest BCUT2D eigenvalue weighted by molar-refractivity contribution is -0.132. The number of amides is 1. The molecule has 2 N–H and O–H groups in total. The number of aliphatic hydroxyl groups is 1. The highest BCUT2D eigenvalue weighted by atomic mass is 16.3. The van der Waals surface area contributed by atoms with E-state index in [1.165, 1.54) is 0 Å². The monoisotopic (exact) mass is 243 g/mol. The van der Waals surface area contributed by atoms with Gasteiger partial charge in [0.15, 0.2) is 0 Å². The van der Waals surface area contributed by atoms with E-state index >= 15 is 0 Å². The lowest BCUT2D eigenvalue weighted by Crippen LogP contribution is -2.51. The molecule has 0 aromatic rings. The van der Waals surface area contributed by atoms with Crippen LogP contribution in [0, 0.1) is 5.92 Å². The van der Waals surface area contributed by atoms with E-state index in [2.05, 4.69) is 17.3 Å². The third kappa shape index (κ3) is 4.61. The van der Waals surface area contributed by atoms with E-state index in [0.717, 1.165) is 26.2 Å². The van der Waals surface area contributed by atoms with Crippen molar-refractivity contribution in [3.05, 3.63) is 0 Å². The van der Waals surface area contributed by atoms with Gasteiger partial charge in [0.1, 0.15) is 0 Å². The van der Waals surface area contributed by atoms with Crippen LogP contribution in [0.4, 0.5) is 0 Å². The number of nitrogens with zero attached hydrogens (tertiary/aromatic N) is 2. The number of nitrogens with one attached hydrogen (secondary N) is 1. The zero-order valence-corrected chi connectivity index (χ0v) is 11.1. The Morgan fingerprint density at radius 2 is 1.88 bits per heavy atom. The Hall–Kier alpha value is -0.650. The summed E-state index contributed by atoms with van der Waals surface area (Å²) >= 11 is 0. The van der Waals surface area contributed by atoms with Gasteiger partial charge in [0.2, 0.25) is 5.91 Å². The van der Waals surface area contributed by atoms with E-state index in [1.807, 2.05) is 18.7 Å². The molecule has 1 saturated heterocycles. The maximum Gasteiger partial charge on any atom is 0.236 e. The minimum Gasteiger partial charge on any atom is -0.395 e. The average Bonchev–Trinajstić information content (AvgIpc) is 2.30. The summed E-state index contributed by atoms with van der Waals surface area (Å²) in [6.07, 6.45) is 0. The number of piperazine rings is 1. The summed E-state index contributed by atoms with van der Waals surface area (Å²) in [5, 5.41) is 12.3. The number of hydrogen-bond donors (Lipinski definition) is 2. The molecule has 5 heteroatoms. The molecule has 100 valence electrons. The third-order valence-electron chi connectivity index (χ3n) is 3.37. The van der Waals surface area contributed by atoms with E-state index in [9.17, 15) is 4.79 Å². The Morgan fingerprint density at radius 1 is 1.29 bits per heavy atom. The first-order chi connectivity index (χ1) is 8.04. The van der Waals surface area contributed by atoms with Crippen LogP contribution in [-0.2, 0) is 4.79 Å². The van der Waals surface area contributed by atoms with Gasteiger partial charge >= 0.3 is 0 Å². The van der Waals surface area contributed by atoms with Crippen molar-refractivity contribution in [2.24, 2.45) is 5.92 Å². The zero-order chi connectivity index (χ0) is 12.8. The van der Waals surface area contributed by atoms with Crippen LogP contribution in [0.15, 0.2) is 0 Å². The van der Waals surface area contributed by atoms with Crippen LogP contribution in [0.25, 0.3) is 0 Å². The van der Waals surface area contributed by atoms with Crippen molar-refractivity contribution in [2.45, 2.75) is 19.9 Å². The van der Waals surface area contributed by atoms with Gasteiger partial charge in [-0.1, -0.05) is 13.8 Å². The van der Waals surface area contributed by atoms with Crippen molar-refractivity contribution in [3.8, 4) is 0 Å². The molecule has 0 radical (unpaired) electrons. The molecule has 1 fully saturated rings. The molecule has 5 nitrogen and oxygen atoms in total. The Balaban J connectivity index is 2.29. The molecule has 1 amide bonds. The molecule has 0 spiro atoms. The Bertz CT molecular complexity index is 238. The second-order valence-corrected chi connectivity index (χ2v) is 5.10. The fourth-order valence-electron chi connectivity index (χ4n) is 1.90. The quantitative estimate of drug-likeness (QED) is 0.675. The summed E-state index contributed by atoms with van der Waals surface area (Å²) in [6, 6.07) is 0.00594. The topological polar surface area (TPSA) is 55.8 Å². The maximum atomic E-state index is 11.9. The second kappa shape index (κ2) is 6.93. The van der Waals surface area contributed by atoms with E-state index < -0.39 is 0 Å². The first-order valence-corrected chi connectivity index (χ1v) is 6.35. The summed E-state index contributed by atoms with van der Waals surface area (Å²) in [7, 11) is 2.07. The van der Waals surface area contributed by atoms with Crippen LogP contribution < -0.4 is 5.32 Å². The fraction of sp³-hybridized carbons (Fsp3) is 0.917. The molecular weight excluding hydrogens is 218 g/mol. The molecule has 0 saturated carbocycles. The summed E-state index contributed by atoms with van der Waals surface area (Å²) < 4.78 is 0. The molecule has 17 heavy (non-hydrogen) atoms.